The SMILES string of the molecule is NNC(=O)CC(c1ccc(F)cc1)c1cccc2c1COCO2. The van der Waals surface area contributed by atoms with E-state index in [0.717, 1.165) is 22.4 Å². The smallest absolute Gasteiger partial charge is 0.234 e. The number of rotatable bonds is 4. The van der Waals surface area contributed by atoms with Gasteiger partial charge >= 0.3 is 0 Å². The molecular weight excluding hydrogens is 299 g/mol. The van der Waals surface area contributed by atoms with Gasteiger partial charge in [-0.15, -0.1) is 0 Å². The number of hydrazine groups is 1. The van der Waals surface area contributed by atoms with Crippen LogP contribution in [-0.4, -0.2) is 12.7 Å². The van der Waals surface area contributed by atoms with Gasteiger partial charge in [0.15, 0.2) is 6.79 Å². The second kappa shape index (κ2) is 6.76. The molecule has 6 heteroatoms. The molecule has 0 saturated carbocycles. The third-order valence-corrected chi connectivity index (χ3v) is 3.91. The largest absolute Gasteiger partial charge is 0.467 e. The summed E-state index contributed by atoms with van der Waals surface area (Å²) < 4.78 is 24.1. The zero-order chi connectivity index (χ0) is 16.2. The molecule has 5 nitrogen and oxygen atoms in total. The number of ether oxygens (including phenoxy) is 2. The maximum atomic E-state index is 13.2. The fraction of sp³-hybridized carbons (Fsp3) is 0.235. The molecule has 0 fully saturated rings. The first kappa shape index (κ1) is 15.5. The first-order valence-corrected chi connectivity index (χ1v) is 7.26. The topological polar surface area (TPSA) is 73.6 Å². The van der Waals surface area contributed by atoms with Crippen molar-refractivity contribution in [2.45, 2.75) is 18.9 Å². The lowest BCUT2D eigenvalue weighted by atomic mass is 9.85. The molecule has 0 saturated heterocycles. The summed E-state index contributed by atoms with van der Waals surface area (Å²) in [7, 11) is 0. The lowest BCUT2D eigenvalue weighted by Crippen LogP contribution is -2.31. The minimum Gasteiger partial charge on any atom is -0.467 e. The monoisotopic (exact) mass is 316 g/mol. The Bertz CT molecular complexity index is 703. The van der Waals surface area contributed by atoms with E-state index < -0.39 is 0 Å². The maximum Gasteiger partial charge on any atom is 0.234 e. The minimum atomic E-state index is -0.322. The second-order valence-corrected chi connectivity index (χ2v) is 5.31. The Morgan fingerprint density at radius 1 is 1.26 bits per heavy atom. The predicted octanol–water partition coefficient (Wildman–Crippen LogP) is 2.20. The van der Waals surface area contributed by atoms with Crippen LogP contribution in [0.4, 0.5) is 4.39 Å². The molecule has 1 aliphatic rings. The van der Waals surface area contributed by atoms with Crippen LogP contribution in [0.1, 0.15) is 29.0 Å². The molecule has 2 aromatic rings. The highest BCUT2D eigenvalue weighted by molar-refractivity contribution is 5.77. The van der Waals surface area contributed by atoms with Crippen molar-refractivity contribution in [1.82, 2.24) is 5.43 Å². The Morgan fingerprint density at radius 3 is 2.78 bits per heavy atom. The molecule has 0 radical (unpaired) electrons. The highest BCUT2D eigenvalue weighted by Gasteiger charge is 2.24. The number of nitrogens with one attached hydrogen (secondary N) is 1. The maximum absolute atomic E-state index is 13.2. The van der Waals surface area contributed by atoms with Gasteiger partial charge in [-0.05, 0) is 29.3 Å². The van der Waals surface area contributed by atoms with Gasteiger partial charge in [-0.25, -0.2) is 10.2 Å². The average Bonchev–Trinajstić information content (AvgIpc) is 2.60. The van der Waals surface area contributed by atoms with E-state index in [4.69, 9.17) is 15.3 Å². The van der Waals surface area contributed by atoms with Crippen LogP contribution < -0.4 is 16.0 Å². The highest BCUT2D eigenvalue weighted by Crippen LogP contribution is 2.36. The van der Waals surface area contributed by atoms with Crippen LogP contribution in [0.5, 0.6) is 5.75 Å². The van der Waals surface area contributed by atoms with Gasteiger partial charge in [-0.1, -0.05) is 24.3 Å². The molecule has 23 heavy (non-hydrogen) atoms. The van der Waals surface area contributed by atoms with E-state index in [2.05, 4.69) is 5.43 Å². The standard InChI is InChI=1S/C17H17FN2O3/c18-12-6-4-11(5-7-12)14(8-17(21)20-19)13-2-1-3-16-15(13)9-22-10-23-16/h1-7,14H,8-10,19H2,(H,20,21). The van der Waals surface area contributed by atoms with Crippen LogP contribution in [0.25, 0.3) is 0 Å². The van der Waals surface area contributed by atoms with Crippen LogP contribution in [0, 0.1) is 5.82 Å². The van der Waals surface area contributed by atoms with Crippen molar-refractivity contribution in [3.8, 4) is 5.75 Å². The number of hydrogen-bond donors (Lipinski definition) is 2. The highest BCUT2D eigenvalue weighted by atomic mass is 19.1. The van der Waals surface area contributed by atoms with E-state index in [-0.39, 0.29) is 30.9 Å². The Balaban J connectivity index is 2.04. The van der Waals surface area contributed by atoms with E-state index in [1.807, 2.05) is 18.2 Å². The van der Waals surface area contributed by atoms with Gasteiger partial charge in [0.05, 0.1) is 6.61 Å². The Kier molecular flexibility index (Phi) is 4.55. The molecule has 0 spiro atoms. The summed E-state index contributed by atoms with van der Waals surface area (Å²) in [6.45, 7) is 0.619. The van der Waals surface area contributed by atoms with Crippen LogP contribution >= 0.6 is 0 Å². The molecule has 1 atom stereocenters. The molecule has 3 rings (SSSR count). The van der Waals surface area contributed by atoms with Crippen molar-refractivity contribution in [3.63, 3.8) is 0 Å². The number of benzene rings is 2. The summed E-state index contributed by atoms with van der Waals surface area (Å²) in [5, 5.41) is 0. The number of fused-ring (bicyclic) bond motifs is 1. The number of halogens is 1. The molecule has 1 amide bonds. The van der Waals surface area contributed by atoms with Gasteiger partial charge in [-0.2, -0.15) is 0 Å². The Hall–Kier alpha value is -2.44. The van der Waals surface area contributed by atoms with Gasteiger partial charge in [0.2, 0.25) is 5.91 Å². The van der Waals surface area contributed by atoms with Crippen molar-refractivity contribution in [2.24, 2.45) is 5.84 Å². The van der Waals surface area contributed by atoms with Gasteiger partial charge in [0, 0.05) is 17.9 Å². The molecule has 3 N–H and O–H groups in total. The molecule has 2 aromatic carbocycles. The van der Waals surface area contributed by atoms with Gasteiger partial charge in [0.25, 0.3) is 0 Å². The zero-order valence-corrected chi connectivity index (χ0v) is 12.4. The predicted molar refractivity (Wildman–Crippen MR) is 81.9 cm³/mol. The van der Waals surface area contributed by atoms with E-state index >= 15 is 0 Å². The normalized spacial score (nSPS) is 14.5. The van der Waals surface area contributed by atoms with Gasteiger partial charge in [0.1, 0.15) is 11.6 Å². The molecule has 120 valence electrons. The van der Waals surface area contributed by atoms with E-state index in [1.54, 1.807) is 12.1 Å². The molecule has 0 bridgehead atoms. The fourth-order valence-electron chi connectivity index (χ4n) is 2.79. The van der Waals surface area contributed by atoms with Crippen molar-refractivity contribution >= 4 is 5.91 Å². The Labute approximate surface area is 133 Å². The second-order valence-electron chi connectivity index (χ2n) is 5.31. The molecule has 0 aliphatic carbocycles. The third-order valence-electron chi connectivity index (χ3n) is 3.91. The number of amides is 1. The lowest BCUT2D eigenvalue weighted by Gasteiger charge is -2.25. The van der Waals surface area contributed by atoms with E-state index in [0.29, 0.717) is 6.61 Å². The number of carbonyl (C=O) groups excluding carboxylic acids is 1. The van der Waals surface area contributed by atoms with Crippen LogP contribution in [-0.2, 0) is 16.1 Å². The quantitative estimate of drug-likeness (QED) is 0.515. The first-order chi connectivity index (χ1) is 11.2. The van der Waals surface area contributed by atoms with Crippen LogP contribution in [0.15, 0.2) is 42.5 Å². The van der Waals surface area contributed by atoms with Crippen molar-refractivity contribution in [3.05, 3.63) is 65.0 Å². The first-order valence-electron chi connectivity index (χ1n) is 7.26. The molecule has 0 aromatic heterocycles. The number of carbonyl (C=O) groups is 1. The summed E-state index contributed by atoms with van der Waals surface area (Å²) >= 11 is 0. The molecule has 1 aliphatic heterocycles. The summed E-state index contributed by atoms with van der Waals surface area (Å²) in [6.07, 6.45) is 0.151. The third kappa shape index (κ3) is 3.33. The fourth-order valence-corrected chi connectivity index (χ4v) is 2.79. The zero-order valence-electron chi connectivity index (χ0n) is 12.4. The summed E-state index contributed by atoms with van der Waals surface area (Å²) in [5.74, 6) is 5.09. The average molecular weight is 316 g/mol. The van der Waals surface area contributed by atoms with E-state index in [9.17, 15) is 9.18 Å². The molecule has 1 unspecified atom stereocenters. The molecular formula is C17H17FN2O3. The number of hydrogen-bond acceptors (Lipinski definition) is 4. The van der Waals surface area contributed by atoms with Crippen molar-refractivity contribution < 1.29 is 18.7 Å². The van der Waals surface area contributed by atoms with Crippen LogP contribution in [0.2, 0.25) is 0 Å². The van der Waals surface area contributed by atoms with Gasteiger partial charge in [-0.3, -0.25) is 10.2 Å². The lowest BCUT2D eigenvalue weighted by molar-refractivity contribution is -0.121. The van der Waals surface area contributed by atoms with Crippen LogP contribution in [0.3, 0.4) is 0 Å². The minimum absolute atomic E-state index is 0.151. The molecule has 1 heterocycles. The van der Waals surface area contributed by atoms with Crippen molar-refractivity contribution in [1.29, 1.82) is 0 Å². The Morgan fingerprint density at radius 2 is 2.04 bits per heavy atom. The summed E-state index contributed by atoms with van der Waals surface area (Å²) in [6, 6.07) is 11.8. The van der Waals surface area contributed by atoms with Gasteiger partial charge < -0.3 is 9.47 Å². The van der Waals surface area contributed by atoms with Crippen molar-refractivity contribution in [2.75, 3.05) is 6.79 Å². The number of nitrogens with two attached hydrogens (primary N) is 1. The summed E-state index contributed by atoms with van der Waals surface area (Å²) in [4.78, 5) is 11.8. The van der Waals surface area contributed by atoms with E-state index in [1.165, 1.54) is 12.1 Å². The summed E-state index contributed by atoms with van der Waals surface area (Å²) in [5.41, 5.74) is 4.79.